The highest BCUT2D eigenvalue weighted by Gasteiger charge is 2.25. The van der Waals surface area contributed by atoms with Crippen molar-refractivity contribution in [1.82, 2.24) is 4.98 Å². The summed E-state index contributed by atoms with van der Waals surface area (Å²) in [6, 6.07) is 0. The number of aromatic carboxylic acids is 1. The first-order valence-corrected chi connectivity index (χ1v) is 5.35. The predicted octanol–water partition coefficient (Wildman–Crippen LogP) is 3.06. The third kappa shape index (κ3) is 2.54. The van der Waals surface area contributed by atoms with Gasteiger partial charge >= 0.3 is 5.97 Å². The number of carboxylic acids is 1. The number of alkyl halides is 3. The van der Waals surface area contributed by atoms with Crippen molar-refractivity contribution in [1.29, 1.82) is 0 Å². The minimum Gasteiger partial charge on any atom is -0.478 e. The fourth-order valence-electron chi connectivity index (χ4n) is 1.10. The van der Waals surface area contributed by atoms with Gasteiger partial charge in [0.2, 0.25) is 0 Å². The molecular weight excluding hydrogens is 342 g/mol. The van der Waals surface area contributed by atoms with Gasteiger partial charge in [-0.2, -0.15) is 0 Å². The van der Waals surface area contributed by atoms with E-state index < -0.39 is 23.5 Å². The number of hydrogen-bond donors (Lipinski definition) is 1. The summed E-state index contributed by atoms with van der Waals surface area (Å²) >= 11 is 7.06. The Bertz CT molecular complexity index is 400. The van der Waals surface area contributed by atoms with Crippen LogP contribution in [0.1, 0.15) is 28.0 Å². The lowest BCUT2D eigenvalue weighted by Crippen LogP contribution is -2.10. The van der Waals surface area contributed by atoms with Crippen LogP contribution in [0.4, 0.5) is 8.78 Å². The number of pyridine rings is 1. The Morgan fingerprint density at radius 3 is 2.67 bits per heavy atom. The van der Waals surface area contributed by atoms with Crippen molar-refractivity contribution in [3.63, 3.8) is 0 Å². The molecule has 0 saturated heterocycles. The lowest BCUT2D eigenvalue weighted by atomic mass is 10.1. The van der Waals surface area contributed by atoms with E-state index in [0.717, 1.165) is 0 Å². The van der Waals surface area contributed by atoms with Crippen LogP contribution in [0.15, 0.2) is 6.20 Å². The highest BCUT2D eigenvalue weighted by atomic mass is 127. The third-order valence-electron chi connectivity index (χ3n) is 1.71. The van der Waals surface area contributed by atoms with Crippen LogP contribution in [0, 0.1) is 3.57 Å². The molecule has 0 spiro atoms. The van der Waals surface area contributed by atoms with Crippen LogP contribution in [0.3, 0.4) is 0 Å². The Morgan fingerprint density at radius 2 is 2.27 bits per heavy atom. The number of aromatic nitrogens is 1. The van der Waals surface area contributed by atoms with Gasteiger partial charge in [-0.3, -0.25) is 4.98 Å². The number of nitrogens with zero attached hydrogens (tertiary/aromatic N) is 1. The average Bonchev–Trinajstić information content (AvgIpc) is 2.16. The van der Waals surface area contributed by atoms with Crippen molar-refractivity contribution >= 4 is 40.2 Å². The topological polar surface area (TPSA) is 50.2 Å². The molecule has 0 aliphatic heterocycles. The molecule has 0 atom stereocenters. The van der Waals surface area contributed by atoms with Crippen molar-refractivity contribution in [2.24, 2.45) is 0 Å². The SMILES string of the molecule is O=C(O)c1c(I)cnc(CCl)c1C(F)F. The van der Waals surface area contributed by atoms with Crippen molar-refractivity contribution in [2.45, 2.75) is 12.3 Å². The smallest absolute Gasteiger partial charge is 0.337 e. The van der Waals surface area contributed by atoms with Gasteiger partial charge < -0.3 is 5.11 Å². The molecule has 7 heteroatoms. The zero-order chi connectivity index (χ0) is 11.6. The Kier molecular flexibility index (Phi) is 4.21. The monoisotopic (exact) mass is 347 g/mol. The molecule has 3 nitrogen and oxygen atoms in total. The molecular formula is C8H5ClF2INO2. The van der Waals surface area contributed by atoms with Crippen molar-refractivity contribution in [3.8, 4) is 0 Å². The maximum atomic E-state index is 12.7. The molecule has 82 valence electrons. The minimum atomic E-state index is -2.90. The normalized spacial score (nSPS) is 10.7. The quantitative estimate of drug-likeness (QED) is 0.675. The average molecular weight is 347 g/mol. The zero-order valence-corrected chi connectivity index (χ0v) is 10.1. The van der Waals surface area contributed by atoms with Crippen molar-refractivity contribution < 1.29 is 18.7 Å². The molecule has 0 fully saturated rings. The Balaban J connectivity index is 3.51. The van der Waals surface area contributed by atoms with Gasteiger partial charge in [-0.1, -0.05) is 0 Å². The molecule has 0 radical (unpaired) electrons. The van der Waals surface area contributed by atoms with E-state index in [1.54, 1.807) is 22.6 Å². The Hall–Kier alpha value is -0.500. The highest BCUT2D eigenvalue weighted by molar-refractivity contribution is 14.1. The van der Waals surface area contributed by atoms with Gasteiger partial charge in [0, 0.05) is 9.77 Å². The van der Waals surface area contributed by atoms with Gasteiger partial charge in [0.05, 0.1) is 22.7 Å². The molecule has 0 aliphatic rings. The maximum absolute atomic E-state index is 12.7. The van der Waals surface area contributed by atoms with Crippen LogP contribution >= 0.6 is 34.2 Å². The summed E-state index contributed by atoms with van der Waals surface area (Å²) in [4.78, 5) is 14.5. The van der Waals surface area contributed by atoms with Gasteiger partial charge in [-0.25, -0.2) is 13.6 Å². The summed E-state index contributed by atoms with van der Waals surface area (Å²) < 4.78 is 25.5. The van der Waals surface area contributed by atoms with Crippen molar-refractivity contribution in [2.75, 3.05) is 0 Å². The summed E-state index contributed by atoms with van der Waals surface area (Å²) in [5.41, 5.74) is -1.11. The zero-order valence-electron chi connectivity index (χ0n) is 7.18. The summed E-state index contributed by atoms with van der Waals surface area (Å²) in [5, 5.41) is 8.81. The lowest BCUT2D eigenvalue weighted by Gasteiger charge is -2.10. The number of hydrogen-bond acceptors (Lipinski definition) is 2. The van der Waals surface area contributed by atoms with Crippen molar-refractivity contribution in [3.05, 3.63) is 26.6 Å². The largest absolute Gasteiger partial charge is 0.478 e. The predicted molar refractivity (Wildman–Crippen MR) is 58.4 cm³/mol. The van der Waals surface area contributed by atoms with Crippen LogP contribution in [0.2, 0.25) is 0 Å². The van der Waals surface area contributed by atoms with Gasteiger partial charge in [-0.05, 0) is 22.6 Å². The van der Waals surface area contributed by atoms with E-state index >= 15 is 0 Å². The molecule has 1 heterocycles. The molecule has 1 aromatic rings. The second kappa shape index (κ2) is 5.02. The van der Waals surface area contributed by atoms with E-state index in [0.29, 0.717) is 0 Å². The van der Waals surface area contributed by atoms with Crippen LogP contribution < -0.4 is 0 Å². The first-order valence-electron chi connectivity index (χ1n) is 3.73. The summed E-state index contributed by atoms with van der Waals surface area (Å²) in [5.74, 6) is -1.64. The standard InChI is InChI=1S/C8H5ClF2INO2/c9-1-4-6(7(10)11)5(8(14)15)3(12)2-13-4/h2,7H,1H2,(H,14,15). The first kappa shape index (κ1) is 12.6. The van der Waals surface area contributed by atoms with Gasteiger partial charge in [0.25, 0.3) is 6.43 Å². The summed E-state index contributed by atoms with van der Waals surface area (Å²) in [6.07, 6.45) is -1.68. The van der Waals surface area contributed by atoms with Crippen LogP contribution in [0.25, 0.3) is 0 Å². The number of halogens is 4. The lowest BCUT2D eigenvalue weighted by molar-refractivity contribution is 0.0682. The molecule has 1 aromatic heterocycles. The molecule has 1 N–H and O–H groups in total. The van der Waals surface area contributed by atoms with E-state index in [1.165, 1.54) is 6.20 Å². The molecule has 1 rings (SSSR count). The van der Waals surface area contributed by atoms with Gasteiger partial charge in [-0.15, -0.1) is 11.6 Å². The number of rotatable bonds is 3. The van der Waals surface area contributed by atoms with Crippen LogP contribution in [-0.4, -0.2) is 16.1 Å². The molecule has 0 aliphatic carbocycles. The van der Waals surface area contributed by atoms with Crippen LogP contribution in [-0.2, 0) is 5.88 Å². The number of carboxylic acid groups (broad SMARTS) is 1. The maximum Gasteiger partial charge on any atom is 0.337 e. The molecule has 15 heavy (non-hydrogen) atoms. The third-order valence-corrected chi connectivity index (χ3v) is 2.78. The van der Waals surface area contributed by atoms with Crippen LogP contribution in [0.5, 0.6) is 0 Å². The minimum absolute atomic E-state index is 0.0931. The molecule has 0 aromatic carbocycles. The fraction of sp³-hybridized carbons (Fsp3) is 0.250. The highest BCUT2D eigenvalue weighted by Crippen LogP contribution is 2.29. The fourth-order valence-corrected chi connectivity index (χ4v) is 1.97. The second-order valence-corrected chi connectivity index (χ2v) is 4.01. The van der Waals surface area contributed by atoms with Gasteiger partial charge in [0.1, 0.15) is 0 Å². The molecule has 0 saturated carbocycles. The Labute approximate surface area is 103 Å². The summed E-state index contributed by atoms with van der Waals surface area (Å²) in [6.45, 7) is 0. The first-order chi connectivity index (χ1) is 6.99. The van der Waals surface area contributed by atoms with E-state index in [-0.39, 0.29) is 15.1 Å². The molecule has 0 bridgehead atoms. The number of carbonyl (C=O) groups is 1. The molecule has 0 amide bonds. The van der Waals surface area contributed by atoms with E-state index in [4.69, 9.17) is 16.7 Å². The van der Waals surface area contributed by atoms with Gasteiger partial charge in [0.15, 0.2) is 0 Å². The second-order valence-electron chi connectivity index (χ2n) is 2.58. The summed E-state index contributed by atoms with van der Waals surface area (Å²) in [7, 11) is 0. The van der Waals surface area contributed by atoms with E-state index in [9.17, 15) is 13.6 Å². The van der Waals surface area contributed by atoms with E-state index in [1.807, 2.05) is 0 Å². The molecule has 0 unspecified atom stereocenters. The Morgan fingerprint density at radius 1 is 1.67 bits per heavy atom. The van der Waals surface area contributed by atoms with E-state index in [2.05, 4.69) is 4.98 Å².